The predicted molar refractivity (Wildman–Crippen MR) is 77.9 cm³/mol. The van der Waals surface area contributed by atoms with E-state index >= 15 is 0 Å². The van der Waals surface area contributed by atoms with Gasteiger partial charge in [0.1, 0.15) is 6.07 Å². The van der Waals surface area contributed by atoms with Gasteiger partial charge in [0.05, 0.1) is 15.5 Å². The third kappa shape index (κ3) is 2.83. The van der Waals surface area contributed by atoms with Crippen LogP contribution in [0.1, 0.15) is 32.3 Å². The number of hydrogen-bond acceptors (Lipinski definition) is 3. The second-order valence-electron chi connectivity index (χ2n) is 5.35. The molecule has 1 saturated heterocycles. The van der Waals surface area contributed by atoms with Crippen molar-refractivity contribution >= 4 is 21.6 Å². The molecule has 0 saturated carbocycles. The zero-order valence-corrected chi connectivity index (χ0v) is 13.1. The number of piperidine rings is 1. The molecule has 1 aromatic carbocycles. The van der Waals surface area contributed by atoms with Crippen molar-refractivity contribution in [1.82, 2.24) is 4.31 Å². The molecule has 20 heavy (non-hydrogen) atoms. The molecule has 0 spiro atoms. The predicted octanol–water partition coefficient (Wildman–Crippen LogP) is 3.02. The minimum atomic E-state index is -3.54. The minimum absolute atomic E-state index is 0.0156. The maximum absolute atomic E-state index is 12.6. The molecule has 6 heteroatoms. The average molecular weight is 313 g/mol. The molecule has 0 aliphatic carbocycles. The topological polar surface area (TPSA) is 61.2 Å². The van der Waals surface area contributed by atoms with E-state index in [-0.39, 0.29) is 21.5 Å². The summed E-state index contributed by atoms with van der Waals surface area (Å²) in [5.41, 5.74) is 0.283. The molecule has 0 aromatic heterocycles. The lowest BCUT2D eigenvalue weighted by molar-refractivity contribution is 0.220. The first-order valence-electron chi connectivity index (χ1n) is 6.57. The van der Waals surface area contributed by atoms with Crippen molar-refractivity contribution in [3.05, 3.63) is 28.8 Å². The normalized spacial score (nSPS) is 24.3. The fraction of sp³-hybridized carbons (Fsp3) is 0.500. The van der Waals surface area contributed by atoms with Gasteiger partial charge in [0.25, 0.3) is 0 Å². The fourth-order valence-corrected chi connectivity index (χ4v) is 4.60. The highest BCUT2D eigenvalue weighted by Gasteiger charge is 2.33. The molecule has 0 N–H and O–H groups in total. The molecule has 0 radical (unpaired) electrons. The third-order valence-electron chi connectivity index (χ3n) is 3.74. The number of nitrogens with zero attached hydrogens (tertiary/aromatic N) is 2. The summed E-state index contributed by atoms with van der Waals surface area (Å²) in [6, 6.07) is 6.17. The van der Waals surface area contributed by atoms with E-state index in [2.05, 4.69) is 6.92 Å². The first kappa shape index (κ1) is 15.3. The standard InChI is InChI=1S/C14H17ClN2O2S/c1-10-5-6-17(11(2)7-10)20(18,19)13-4-3-12(9-16)14(15)8-13/h3-4,8,10-11H,5-7H2,1-2H3. The minimum Gasteiger partial charge on any atom is -0.207 e. The summed E-state index contributed by atoms with van der Waals surface area (Å²) < 4.78 is 26.8. The summed E-state index contributed by atoms with van der Waals surface area (Å²) in [4.78, 5) is 0.155. The van der Waals surface area contributed by atoms with Gasteiger partial charge in [0, 0.05) is 12.6 Å². The Morgan fingerprint density at radius 2 is 2.10 bits per heavy atom. The first-order chi connectivity index (χ1) is 9.36. The third-order valence-corrected chi connectivity index (χ3v) is 6.07. The molecule has 2 rings (SSSR count). The summed E-state index contributed by atoms with van der Waals surface area (Å²) >= 11 is 5.93. The second kappa shape index (κ2) is 5.72. The Morgan fingerprint density at radius 1 is 1.40 bits per heavy atom. The molecular formula is C14H17ClN2O2S. The van der Waals surface area contributed by atoms with Crippen molar-refractivity contribution in [2.45, 2.75) is 37.6 Å². The lowest BCUT2D eigenvalue weighted by Gasteiger charge is -2.35. The molecule has 4 nitrogen and oxygen atoms in total. The number of benzene rings is 1. The van der Waals surface area contributed by atoms with Gasteiger partial charge in [-0.3, -0.25) is 0 Å². The summed E-state index contributed by atoms with van der Waals surface area (Å²) in [7, 11) is -3.54. The van der Waals surface area contributed by atoms with Crippen LogP contribution in [-0.2, 0) is 10.0 Å². The first-order valence-corrected chi connectivity index (χ1v) is 8.39. The molecule has 2 atom stereocenters. The van der Waals surface area contributed by atoms with E-state index in [1.54, 1.807) is 0 Å². The van der Waals surface area contributed by atoms with Crippen LogP contribution < -0.4 is 0 Å². The summed E-state index contributed by atoms with van der Waals surface area (Å²) in [6.45, 7) is 4.60. The van der Waals surface area contributed by atoms with E-state index in [4.69, 9.17) is 16.9 Å². The van der Waals surface area contributed by atoms with Crippen LogP contribution in [0.3, 0.4) is 0 Å². The highest BCUT2D eigenvalue weighted by molar-refractivity contribution is 7.89. The van der Waals surface area contributed by atoms with Crippen LogP contribution in [0.5, 0.6) is 0 Å². The molecule has 108 valence electrons. The molecule has 0 amide bonds. The molecule has 2 unspecified atom stereocenters. The number of nitriles is 1. The van der Waals surface area contributed by atoms with Gasteiger partial charge >= 0.3 is 0 Å². The molecule has 1 fully saturated rings. The van der Waals surface area contributed by atoms with Gasteiger partial charge in [-0.1, -0.05) is 18.5 Å². The largest absolute Gasteiger partial charge is 0.243 e. The Hall–Kier alpha value is -1.09. The van der Waals surface area contributed by atoms with Crippen LogP contribution in [-0.4, -0.2) is 25.3 Å². The van der Waals surface area contributed by atoms with Crippen LogP contribution in [0.15, 0.2) is 23.1 Å². The van der Waals surface area contributed by atoms with Gasteiger partial charge in [0.2, 0.25) is 10.0 Å². The maximum Gasteiger partial charge on any atom is 0.243 e. The van der Waals surface area contributed by atoms with Crippen molar-refractivity contribution < 1.29 is 8.42 Å². The Balaban J connectivity index is 2.36. The van der Waals surface area contributed by atoms with E-state index in [0.717, 1.165) is 12.8 Å². The highest BCUT2D eigenvalue weighted by Crippen LogP contribution is 2.29. The van der Waals surface area contributed by atoms with Gasteiger partial charge in [-0.2, -0.15) is 9.57 Å². The van der Waals surface area contributed by atoms with Gasteiger partial charge in [-0.15, -0.1) is 0 Å². The van der Waals surface area contributed by atoms with Crippen molar-refractivity contribution in [2.24, 2.45) is 5.92 Å². The van der Waals surface area contributed by atoms with Gasteiger partial charge in [-0.25, -0.2) is 8.42 Å². The SMILES string of the molecule is CC1CCN(S(=O)(=O)c2ccc(C#N)c(Cl)c2)C(C)C1. The van der Waals surface area contributed by atoms with Crippen molar-refractivity contribution in [3.63, 3.8) is 0 Å². The number of sulfonamides is 1. The van der Waals surface area contributed by atoms with Crippen LogP contribution >= 0.6 is 11.6 Å². The van der Waals surface area contributed by atoms with Crippen molar-refractivity contribution in [3.8, 4) is 6.07 Å². The van der Waals surface area contributed by atoms with Crippen LogP contribution in [0.4, 0.5) is 0 Å². The van der Waals surface area contributed by atoms with Crippen molar-refractivity contribution in [1.29, 1.82) is 5.26 Å². The summed E-state index contributed by atoms with van der Waals surface area (Å²) in [5, 5.41) is 9.01. The van der Waals surface area contributed by atoms with Gasteiger partial charge in [-0.05, 0) is 43.9 Å². The van der Waals surface area contributed by atoms with E-state index in [1.165, 1.54) is 22.5 Å². The van der Waals surface area contributed by atoms with Crippen LogP contribution in [0, 0.1) is 17.2 Å². The zero-order chi connectivity index (χ0) is 14.9. The van der Waals surface area contributed by atoms with E-state index in [9.17, 15) is 8.42 Å². The molecule has 0 bridgehead atoms. The number of hydrogen-bond donors (Lipinski definition) is 0. The lowest BCUT2D eigenvalue weighted by atomic mass is 9.95. The van der Waals surface area contributed by atoms with Gasteiger partial charge in [0.15, 0.2) is 0 Å². The summed E-state index contributed by atoms with van der Waals surface area (Å²) in [6.07, 6.45) is 1.73. The quantitative estimate of drug-likeness (QED) is 0.843. The van der Waals surface area contributed by atoms with Crippen LogP contribution in [0.25, 0.3) is 0 Å². The fourth-order valence-electron chi connectivity index (χ4n) is 2.63. The maximum atomic E-state index is 12.6. The Bertz CT molecular complexity index is 652. The highest BCUT2D eigenvalue weighted by atomic mass is 35.5. The molecule has 1 aliphatic heterocycles. The van der Waals surface area contributed by atoms with E-state index in [1.807, 2.05) is 13.0 Å². The summed E-state index contributed by atoms with van der Waals surface area (Å²) in [5.74, 6) is 0.543. The number of rotatable bonds is 2. The van der Waals surface area contributed by atoms with E-state index in [0.29, 0.717) is 12.5 Å². The zero-order valence-electron chi connectivity index (χ0n) is 11.5. The second-order valence-corrected chi connectivity index (χ2v) is 7.65. The van der Waals surface area contributed by atoms with E-state index < -0.39 is 10.0 Å². The lowest BCUT2D eigenvalue weighted by Crippen LogP contribution is -2.44. The average Bonchev–Trinajstić information content (AvgIpc) is 2.38. The Labute approximate surface area is 125 Å². The van der Waals surface area contributed by atoms with Crippen LogP contribution in [0.2, 0.25) is 5.02 Å². The monoisotopic (exact) mass is 312 g/mol. The molecule has 1 aliphatic rings. The van der Waals surface area contributed by atoms with Gasteiger partial charge < -0.3 is 0 Å². The van der Waals surface area contributed by atoms with Crippen molar-refractivity contribution in [2.75, 3.05) is 6.54 Å². The molecule has 1 aromatic rings. The molecular weight excluding hydrogens is 296 g/mol. The number of halogens is 1. The molecule has 1 heterocycles. The Morgan fingerprint density at radius 3 is 2.65 bits per heavy atom. The Kier molecular flexibility index (Phi) is 4.38. The smallest absolute Gasteiger partial charge is 0.207 e.